The van der Waals surface area contributed by atoms with Crippen LogP contribution in [-0.4, -0.2) is 144 Å². The number of nitrogens with one attached hydrogen (secondary N) is 2. The molecule has 22 heteroatoms. The zero-order chi connectivity index (χ0) is 50.6. The number of hydrogen-bond donors (Lipinski definition) is 3. The molecule has 5 aromatic rings. The second-order valence-corrected chi connectivity index (χ2v) is 21.3. The zero-order valence-corrected chi connectivity index (χ0v) is 41.4. The molecule has 1 atom stereocenters. The summed E-state index contributed by atoms with van der Waals surface area (Å²) >= 11 is 0. The Morgan fingerprint density at radius 1 is 0.833 bits per heavy atom. The Bertz CT molecular complexity index is 2850. The number of rotatable bonds is 11. The summed E-state index contributed by atoms with van der Waals surface area (Å²) in [6, 6.07) is 1.63. The predicted molar refractivity (Wildman–Crippen MR) is 261 cm³/mol. The number of likely N-dealkylation sites (tertiary alicyclic amines) is 2. The molecule has 4 amide bonds. The lowest BCUT2D eigenvalue weighted by atomic mass is 9.78. The number of hydrogen-bond acceptors (Lipinski definition) is 16. The van der Waals surface area contributed by atoms with E-state index in [2.05, 4.69) is 44.5 Å². The molecule has 5 aliphatic rings. The van der Waals surface area contributed by atoms with Crippen molar-refractivity contribution in [1.29, 1.82) is 0 Å². The van der Waals surface area contributed by atoms with Gasteiger partial charge >= 0.3 is 6.09 Å². The number of ether oxygens (including phenoxy) is 1. The topological polar surface area (TPSA) is 236 Å². The van der Waals surface area contributed by atoms with Crippen LogP contribution in [0.2, 0.25) is 0 Å². The Morgan fingerprint density at radius 3 is 2.14 bits per heavy atom. The highest BCUT2D eigenvalue weighted by molar-refractivity contribution is 6.02. The first-order valence-electron chi connectivity index (χ1n) is 25.0. The van der Waals surface area contributed by atoms with E-state index >= 15 is 8.78 Å². The molecular formula is C50H62F2N14O6. The van der Waals surface area contributed by atoms with Gasteiger partial charge in [0.2, 0.25) is 11.8 Å². The quantitative estimate of drug-likeness (QED) is 0.133. The van der Waals surface area contributed by atoms with E-state index in [0.29, 0.717) is 105 Å². The first kappa shape index (κ1) is 48.8. The summed E-state index contributed by atoms with van der Waals surface area (Å²) in [5.74, 6) is -0.471. The Morgan fingerprint density at radius 2 is 1.50 bits per heavy atom. The minimum absolute atomic E-state index is 0.101. The Balaban J connectivity index is 0.683. The molecule has 0 radical (unpaired) electrons. The second kappa shape index (κ2) is 19.3. The standard InChI is InChI=1S/C50H62F2N14O6/c1-49(2,3)66-46-39(44(53)56-27-57-46)40(60-66)41-38(43(72-61-41)29-6-7-29)45-54-24-30(25-55-45)28-10-14-64(15-11-28)48(70)71-26-37(68)62-16-12-31(13-17-62)50(4,5)65-20-18-63(19-21-65)42-33(51)22-32(23-34(42)52)58-35-8-9-36(67)59-47(35)69/h22-25,27-29,31,35,58H,6-21,26H2,1-5H3,(H2,53,56,57)(H,59,67,69)/t35-/m1/s1. The number of piperazine rings is 1. The van der Waals surface area contributed by atoms with Crippen molar-refractivity contribution in [3.63, 3.8) is 0 Å². The summed E-state index contributed by atoms with van der Waals surface area (Å²) in [4.78, 5) is 76.1. The van der Waals surface area contributed by atoms with E-state index in [9.17, 15) is 19.2 Å². The van der Waals surface area contributed by atoms with Gasteiger partial charge in [0.25, 0.3) is 5.91 Å². The lowest BCUT2D eigenvalue weighted by molar-refractivity contribution is -0.137. The third kappa shape index (κ3) is 9.63. The first-order valence-corrected chi connectivity index (χ1v) is 25.0. The largest absolute Gasteiger partial charge is 0.439 e. The van der Waals surface area contributed by atoms with Crippen molar-refractivity contribution in [2.75, 3.05) is 74.9 Å². The SMILES string of the molecule is CC(C)(C1CCN(C(=O)COC(=O)N2CCC(c3cnc(-c4c(-c5nn(C(C)(C)C)c6ncnc(N)c56)noc4C4CC4)nc3)CC2)CC1)N1CCN(c2c(F)cc(N[C@@H]3CCC(=O)NC3=O)cc2F)CC1. The number of aromatic nitrogens is 7. The highest BCUT2D eigenvalue weighted by Crippen LogP contribution is 2.48. The second-order valence-electron chi connectivity index (χ2n) is 21.3. The highest BCUT2D eigenvalue weighted by Gasteiger charge is 2.41. The summed E-state index contributed by atoms with van der Waals surface area (Å²) in [6.45, 7) is 14.2. The molecule has 0 unspecified atom stereocenters. The third-order valence-electron chi connectivity index (χ3n) is 15.3. The molecule has 4 aliphatic heterocycles. The number of halogens is 2. The number of piperidine rings is 3. The normalized spacial score (nSPS) is 20.0. The van der Waals surface area contributed by atoms with E-state index < -0.39 is 35.2 Å². The van der Waals surface area contributed by atoms with E-state index in [1.807, 2.05) is 37.8 Å². The van der Waals surface area contributed by atoms with E-state index in [1.165, 1.54) is 18.5 Å². The number of amides is 4. The van der Waals surface area contributed by atoms with Gasteiger partial charge in [0, 0.05) is 88.3 Å². The van der Waals surface area contributed by atoms with Crippen LogP contribution in [0.1, 0.15) is 109 Å². The molecule has 72 heavy (non-hydrogen) atoms. The number of imide groups is 1. The van der Waals surface area contributed by atoms with E-state index in [1.54, 1.807) is 14.7 Å². The molecule has 8 heterocycles. The number of fused-ring (bicyclic) bond motifs is 1. The van der Waals surface area contributed by atoms with Crippen LogP contribution >= 0.6 is 0 Å². The molecule has 1 aromatic carbocycles. The number of carbonyl (C=O) groups is 4. The van der Waals surface area contributed by atoms with Crippen molar-refractivity contribution in [2.45, 2.75) is 115 Å². The summed E-state index contributed by atoms with van der Waals surface area (Å²) in [5, 5.41) is 15.1. The van der Waals surface area contributed by atoms with Crippen LogP contribution in [0.5, 0.6) is 0 Å². The number of nitrogens with two attached hydrogens (primary N) is 1. The lowest BCUT2D eigenvalue weighted by Gasteiger charge is -2.50. The minimum atomic E-state index is -0.752. The molecule has 0 bridgehead atoms. The summed E-state index contributed by atoms with van der Waals surface area (Å²) < 4.78 is 44.2. The van der Waals surface area contributed by atoms with Crippen molar-refractivity contribution >= 4 is 52.0 Å². The molecule has 4 saturated heterocycles. The van der Waals surface area contributed by atoms with Gasteiger partial charge in [-0.3, -0.25) is 24.6 Å². The maximum absolute atomic E-state index is 15.4. The van der Waals surface area contributed by atoms with Crippen LogP contribution in [-0.2, 0) is 24.7 Å². The molecule has 382 valence electrons. The average molecular weight is 993 g/mol. The molecule has 4 N–H and O–H groups in total. The number of anilines is 3. The van der Waals surface area contributed by atoms with Crippen LogP contribution in [0.15, 0.2) is 35.4 Å². The number of nitrogen functional groups attached to an aromatic ring is 1. The molecular weight excluding hydrogens is 931 g/mol. The molecule has 5 fully saturated rings. The number of nitrogens with zero attached hydrogens (tertiary/aromatic N) is 11. The molecule has 1 saturated carbocycles. The molecule has 20 nitrogen and oxygen atoms in total. The molecule has 0 spiro atoms. The van der Waals surface area contributed by atoms with Crippen molar-refractivity contribution in [1.82, 2.24) is 54.9 Å². The summed E-state index contributed by atoms with van der Waals surface area (Å²) in [6.07, 6.45) is 9.82. The fourth-order valence-corrected chi connectivity index (χ4v) is 10.9. The van der Waals surface area contributed by atoms with Gasteiger partial charge in [-0.15, -0.1) is 0 Å². The highest BCUT2D eigenvalue weighted by atomic mass is 19.1. The minimum Gasteiger partial charge on any atom is -0.439 e. The molecule has 4 aromatic heterocycles. The van der Waals surface area contributed by atoms with Gasteiger partial charge in [-0.05, 0) is 109 Å². The van der Waals surface area contributed by atoms with Crippen molar-refractivity contribution in [3.8, 4) is 22.8 Å². The van der Waals surface area contributed by atoms with Gasteiger partial charge in [0.1, 0.15) is 35.3 Å². The van der Waals surface area contributed by atoms with Crippen LogP contribution < -0.4 is 21.3 Å². The van der Waals surface area contributed by atoms with Gasteiger partial charge < -0.3 is 35.0 Å². The fourth-order valence-electron chi connectivity index (χ4n) is 10.9. The van der Waals surface area contributed by atoms with Crippen LogP contribution in [0.25, 0.3) is 33.8 Å². The van der Waals surface area contributed by atoms with E-state index in [4.69, 9.17) is 30.1 Å². The smallest absolute Gasteiger partial charge is 0.410 e. The molecule has 10 rings (SSSR count). The number of benzene rings is 1. The monoisotopic (exact) mass is 992 g/mol. The Labute approximate surface area is 415 Å². The van der Waals surface area contributed by atoms with Crippen molar-refractivity contribution < 1.29 is 37.2 Å². The van der Waals surface area contributed by atoms with Gasteiger partial charge in [0.15, 0.2) is 35.5 Å². The van der Waals surface area contributed by atoms with Crippen LogP contribution in [0.4, 0.5) is 30.8 Å². The van der Waals surface area contributed by atoms with E-state index in [-0.39, 0.29) is 65.9 Å². The maximum atomic E-state index is 15.4. The Kier molecular flexibility index (Phi) is 13.1. The zero-order valence-electron chi connectivity index (χ0n) is 41.4. The Hall–Kier alpha value is -6.84. The van der Waals surface area contributed by atoms with Crippen molar-refractivity contribution in [3.05, 3.63) is 53.8 Å². The summed E-state index contributed by atoms with van der Waals surface area (Å²) in [5.41, 5.74) is 9.05. The summed E-state index contributed by atoms with van der Waals surface area (Å²) in [7, 11) is 0. The average Bonchev–Trinajstić information content (AvgIpc) is 3.98. The van der Waals surface area contributed by atoms with Gasteiger partial charge in [0.05, 0.1) is 16.5 Å². The third-order valence-corrected chi connectivity index (χ3v) is 15.3. The van der Waals surface area contributed by atoms with Gasteiger partial charge in [-0.2, -0.15) is 5.10 Å². The van der Waals surface area contributed by atoms with Crippen molar-refractivity contribution in [2.24, 2.45) is 5.92 Å². The van der Waals surface area contributed by atoms with Gasteiger partial charge in [-0.1, -0.05) is 5.16 Å². The van der Waals surface area contributed by atoms with Crippen LogP contribution in [0, 0.1) is 17.6 Å². The van der Waals surface area contributed by atoms with Gasteiger partial charge in [-0.25, -0.2) is 38.2 Å². The fraction of sp³-hybridized carbons (Fsp3) is 0.560. The lowest BCUT2D eigenvalue weighted by Crippen LogP contribution is -2.59. The first-order chi connectivity index (χ1) is 34.4. The maximum Gasteiger partial charge on any atom is 0.410 e. The van der Waals surface area contributed by atoms with Crippen LogP contribution in [0.3, 0.4) is 0 Å². The number of carbonyl (C=O) groups excluding carboxylic acids is 4. The molecule has 1 aliphatic carbocycles. The van der Waals surface area contributed by atoms with E-state index in [0.717, 1.165) is 37.0 Å². The predicted octanol–water partition coefficient (Wildman–Crippen LogP) is 5.80.